The molecule has 1 amide bonds. The van der Waals surface area contributed by atoms with Gasteiger partial charge in [-0.15, -0.1) is 0 Å². The van der Waals surface area contributed by atoms with Gasteiger partial charge in [0, 0.05) is 6.54 Å². The third kappa shape index (κ3) is 3.87. The van der Waals surface area contributed by atoms with Crippen LogP contribution in [-0.4, -0.2) is 23.8 Å². The number of rotatable bonds is 2. The molecule has 17 heavy (non-hydrogen) atoms. The fourth-order valence-corrected chi connectivity index (χ4v) is 2.46. The Hall–Kier alpha value is -0.770. The van der Waals surface area contributed by atoms with Gasteiger partial charge in [0.05, 0.1) is 5.54 Å². The van der Waals surface area contributed by atoms with Crippen LogP contribution in [0.1, 0.15) is 53.4 Å². The third-order valence-electron chi connectivity index (χ3n) is 3.57. The zero-order valence-corrected chi connectivity index (χ0v) is 11.5. The zero-order valence-electron chi connectivity index (χ0n) is 11.5. The van der Waals surface area contributed by atoms with Crippen LogP contribution in [0.2, 0.25) is 0 Å². The molecule has 0 radical (unpaired) electrons. The average Bonchev–Trinajstić information content (AvgIpc) is 2.19. The summed E-state index contributed by atoms with van der Waals surface area (Å²) in [6, 6.07) is 0. The van der Waals surface area contributed by atoms with Crippen molar-refractivity contribution in [2.45, 2.75) is 64.5 Å². The minimum absolute atomic E-state index is 0.277. The molecule has 0 spiro atoms. The summed E-state index contributed by atoms with van der Waals surface area (Å²) in [5, 5.41) is 3.00. The second kappa shape index (κ2) is 5.25. The summed E-state index contributed by atoms with van der Waals surface area (Å²) in [5.74, 6) is 0.411. The summed E-state index contributed by atoms with van der Waals surface area (Å²) < 4.78 is 5.31. The molecule has 1 saturated carbocycles. The molecule has 2 unspecified atom stereocenters. The van der Waals surface area contributed by atoms with Gasteiger partial charge in [0.2, 0.25) is 0 Å². The maximum absolute atomic E-state index is 11.8. The molecule has 2 atom stereocenters. The molecule has 0 aromatic heterocycles. The Morgan fingerprint density at radius 2 is 2.12 bits per heavy atom. The molecule has 1 aliphatic rings. The second-order valence-corrected chi connectivity index (χ2v) is 6.13. The van der Waals surface area contributed by atoms with Crippen LogP contribution in [0.15, 0.2) is 0 Å². The van der Waals surface area contributed by atoms with Crippen molar-refractivity contribution in [3.8, 4) is 0 Å². The minimum Gasteiger partial charge on any atom is -0.444 e. The first-order valence-electron chi connectivity index (χ1n) is 6.50. The quantitative estimate of drug-likeness (QED) is 0.781. The molecule has 4 heteroatoms. The fraction of sp³-hybridized carbons (Fsp3) is 0.923. The van der Waals surface area contributed by atoms with Crippen molar-refractivity contribution in [1.82, 2.24) is 5.32 Å². The van der Waals surface area contributed by atoms with E-state index in [0.29, 0.717) is 12.5 Å². The van der Waals surface area contributed by atoms with E-state index < -0.39 is 5.60 Å². The van der Waals surface area contributed by atoms with Gasteiger partial charge in [-0.1, -0.05) is 19.8 Å². The van der Waals surface area contributed by atoms with Crippen LogP contribution in [0.4, 0.5) is 4.79 Å². The van der Waals surface area contributed by atoms with Gasteiger partial charge in [-0.2, -0.15) is 0 Å². The highest BCUT2D eigenvalue weighted by atomic mass is 16.6. The van der Waals surface area contributed by atoms with Crippen molar-refractivity contribution in [1.29, 1.82) is 0 Å². The molecule has 4 nitrogen and oxygen atoms in total. The van der Waals surface area contributed by atoms with Crippen LogP contribution in [0.3, 0.4) is 0 Å². The highest BCUT2D eigenvalue weighted by molar-refractivity contribution is 5.69. The summed E-state index contributed by atoms with van der Waals surface area (Å²) in [7, 11) is 0. The van der Waals surface area contributed by atoms with Gasteiger partial charge < -0.3 is 15.8 Å². The molecule has 0 aromatic rings. The number of hydrogen-bond donors (Lipinski definition) is 2. The first-order chi connectivity index (χ1) is 7.79. The second-order valence-electron chi connectivity index (χ2n) is 6.13. The van der Waals surface area contributed by atoms with Gasteiger partial charge in [-0.3, -0.25) is 0 Å². The van der Waals surface area contributed by atoms with Crippen LogP contribution < -0.4 is 11.1 Å². The summed E-state index contributed by atoms with van der Waals surface area (Å²) in [4.78, 5) is 11.8. The molecule has 1 fully saturated rings. The molecule has 0 saturated heterocycles. The Balaban J connectivity index is 2.65. The Kier molecular flexibility index (Phi) is 4.42. The van der Waals surface area contributed by atoms with Crippen molar-refractivity contribution in [2.75, 3.05) is 6.54 Å². The molecular formula is C13H26N2O2. The molecular weight excluding hydrogens is 216 g/mol. The predicted molar refractivity (Wildman–Crippen MR) is 68.8 cm³/mol. The fourth-order valence-electron chi connectivity index (χ4n) is 2.46. The summed E-state index contributed by atoms with van der Waals surface area (Å²) in [5.41, 5.74) is 5.13. The highest BCUT2D eigenvalue weighted by Gasteiger charge is 2.39. The Bertz CT molecular complexity index is 273. The van der Waals surface area contributed by atoms with E-state index in [0.717, 1.165) is 19.3 Å². The molecule has 0 aliphatic heterocycles. The van der Waals surface area contributed by atoms with Gasteiger partial charge in [-0.25, -0.2) is 4.79 Å². The first kappa shape index (κ1) is 14.3. The van der Waals surface area contributed by atoms with E-state index in [1.54, 1.807) is 0 Å². The van der Waals surface area contributed by atoms with E-state index in [4.69, 9.17) is 10.5 Å². The molecule has 100 valence electrons. The monoisotopic (exact) mass is 242 g/mol. The Morgan fingerprint density at radius 1 is 1.47 bits per heavy atom. The number of alkyl carbamates (subject to hydrolysis) is 1. The smallest absolute Gasteiger partial charge is 0.408 e. The predicted octanol–water partition coefficient (Wildman–Crippen LogP) is 2.42. The van der Waals surface area contributed by atoms with Crippen LogP contribution in [0.25, 0.3) is 0 Å². The number of carbonyl (C=O) groups excluding carboxylic acids is 1. The molecule has 0 bridgehead atoms. The number of nitrogens with one attached hydrogen (secondary N) is 1. The zero-order chi connectivity index (χ0) is 13.1. The molecule has 0 heterocycles. The van der Waals surface area contributed by atoms with E-state index in [9.17, 15) is 4.79 Å². The van der Waals surface area contributed by atoms with Crippen molar-refractivity contribution < 1.29 is 9.53 Å². The van der Waals surface area contributed by atoms with Crippen LogP contribution in [0, 0.1) is 5.92 Å². The highest BCUT2D eigenvalue weighted by Crippen LogP contribution is 2.33. The summed E-state index contributed by atoms with van der Waals surface area (Å²) in [6.45, 7) is 8.24. The summed E-state index contributed by atoms with van der Waals surface area (Å²) >= 11 is 0. The van der Waals surface area contributed by atoms with Crippen LogP contribution >= 0.6 is 0 Å². The lowest BCUT2D eigenvalue weighted by molar-refractivity contribution is 0.0375. The van der Waals surface area contributed by atoms with Crippen molar-refractivity contribution >= 4 is 6.09 Å². The SMILES string of the molecule is CC1CCCCC1(CN)NC(=O)OC(C)(C)C. The third-order valence-corrected chi connectivity index (χ3v) is 3.57. The van der Waals surface area contributed by atoms with E-state index in [2.05, 4.69) is 12.2 Å². The van der Waals surface area contributed by atoms with Crippen LogP contribution in [0.5, 0.6) is 0 Å². The molecule has 0 aromatic carbocycles. The molecule has 3 N–H and O–H groups in total. The van der Waals surface area contributed by atoms with Gasteiger partial charge in [0.15, 0.2) is 0 Å². The van der Waals surface area contributed by atoms with Gasteiger partial charge in [0.25, 0.3) is 0 Å². The van der Waals surface area contributed by atoms with E-state index >= 15 is 0 Å². The number of nitrogens with two attached hydrogens (primary N) is 1. The summed E-state index contributed by atoms with van der Waals surface area (Å²) in [6.07, 6.45) is 4.06. The topological polar surface area (TPSA) is 64.3 Å². The average molecular weight is 242 g/mol. The lowest BCUT2D eigenvalue weighted by atomic mass is 9.74. The normalized spacial score (nSPS) is 29.8. The molecule has 1 aliphatic carbocycles. The Labute approximate surface area is 104 Å². The standard InChI is InChI=1S/C13H26N2O2/c1-10-7-5-6-8-13(10,9-14)15-11(16)17-12(2,3)4/h10H,5-9,14H2,1-4H3,(H,15,16). The largest absolute Gasteiger partial charge is 0.444 e. The van der Waals surface area contributed by atoms with Gasteiger partial charge >= 0.3 is 6.09 Å². The van der Waals surface area contributed by atoms with Crippen LogP contribution in [-0.2, 0) is 4.74 Å². The van der Waals surface area contributed by atoms with E-state index in [-0.39, 0.29) is 11.6 Å². The van der Waals surface area contributed by atoms with E-state index in [1.165, 1.54) is 6.42 Å². The lowest BCUT2D eigenvalue weighted by Gasteiger charge is -2.42. The number of amides is 1. The number of carbonyl (C=O) groups is 1. The Morgan fingerprint density at radius 3 is 2.59 bits per heavy atom. The van der Waals surface area contributed by atoms with Crippen molar-refractivity contribution in [2.24, 2.45) is 11.7 Å². The number of hydrogen-bond acceptors (Lipinski definition) is 3. The number of ether oxygens (including phenoxy) is 1. The minimum atomic E-state index is -0.461. The lowest BCUT2D eigenvalue weighted by Crippen LogP contribution is -2.59. The maximum Gasteiger partial charge on any atom is 0.408 e. The molecule has 1 rings (SSSR count). The van der Waals surface area contributed by atoms with Gasteiger partial charge in [-0.05, 0) is 39.5 Å². The van der Waals surface area contributed by atoms with Gasteiger partial charge in [0.1, 0.15) is 5.60 Å². The van der Waals surface area contributed by atoms with E-state index in [1.807, 2.05) is 20.8 Å². The van der Waals surface area contributed by atoms with Crippen molar-refractivity contribution in [3.63, 3.8) is 0 Å². The first-order valence-corrected chi connectivity index (χ1v) is 6.50. The maximum atomic E-state index is 11.8. The van der Waals surface area contributed by atoms with Crippen molar-refractivity contribution in [3.05, 3.63) is 0 Å².